The number of methoxy groups -OCH3 is 1. The Bertz CT molecular complexity index is 3340. The van der Waals surface area contributed by atoms with E-state index in [9.17, 15) is 50.4 Å². The van der Waals surface area contributed by atoms with Gasteiger partial charge >= 0.3 is 12.2 Å². The summed E-state index contributed by atoms with van der Waals surface area (Å²) < 4.78 is 126. The molecule has 3 amide bonds. The Kier molecular flexibility index (Phi) is 22.3. The third kappa shape index (κ3) is 16.0. The fourth-order valence-corrected chi connectivity index (χ4v) is 11.4. The first kappa shape index (κ1) is 64.4. The number of nitriles is 1. The number of likely N-dealkylation sites (tertiary alicyclic amines) is 2. The number of nitrogens with one attached hydrogen (secondary N) is 3. The maximum Gasteiger partial charge on any atom is 0.417 e. The van der Waals surface area contributed by atoms with E-state index in [-0.39, 0.29) is 85.9 Å². The Morgan fingerprint density at radius 3 is 2.24 bits per heavy atom. The summed E-state index contributed by atoms with van der Waals surface area (Å²) in [6, 6.07) is 9.23. The SMILES string of the molecule is C=C/C(F)=c1/sc(N)c(C#N)/c1=C\c1c(C(F)(F)F)cc2c(N3CC4CCC(C3)N4)nc(OC)nc2c1F.CC(C)C.C[C@H](NC(=O)[C@@H]1CCCN1C(=O)CNC(=O)CCOCCCN1CCCC1)c1ccc(-c2c(F)ccc(F)c2F)cc1. The van der Waals surface area contributed by atoms with Crippen molar-refractivity contribution in [3.63, 3.8) is 0 Å². The number of nitrogens with zero attached hydrogens (tertiary/aromatic N) is 6. The number of carbonyl (C=O) groups excluding carboxylic acids is 3. The van der Waals surface area contributed by atoms with Crippen molar-refractivity contribution >= 4 is 62.7 Å². The highest BCUT2D eigenvalue weighted by atomic mass is 32.1. The predicted octanol–water partition coefficient (Wildman–Crippen LogP) is 8.95. The first-order valence-corrected chi connectivity index (χ1v) is 28.7. The van der Waals surface area contributed by atoms with Crippen molar-refractivity contribution in [1.82, 2.24) is 35.7 Å². The minimum atomic E-state index is -5.00. The number of allylic oxidation sites excluding steroid dienone is 1. The third-order valence-electron chi connectivity index (χ3n) is 14.6. The summed E-state index contributed by atoms with van der Waals surface area (Å²) in [4.78, 5) is 52.1. The molecule has 4 aliphatic heterocycles. The van der Waals surface area contributed by atoms with Crippen molar-refractivity contribution in [3.05, 3.63) is 110 Å². The van der Waals surface area contributed by atoms with E-state index in [2.05, 4.69) is 58.2 Å². The molecule has 0 aliphatic carbocycles. The monoisotopic (exact) mass is 1190 g/mol. The number of carbonyl (C=O) groups is 3. The molecule has 5 N–H and O–H groups in total. The second kappa shape index (κ2) is 29.1. The topological polar surface area (TPSA) is 191 Å². The van der Waals surface area contributed by atoms with Crippen LogP contribution in [0.15, 0.2) is 55.1 Å². The summed E-state index contributed by atoms with van der Waals surface area (Å²) in [5.41, 5.74) is 3.30. The van der Waals surface area contributed by atoms with E-state index in [4.69, 9.17) is 15.2 Å². The lowest BCUT2D eigenvalue weighted by atomic mass is 10.00. The Morgan fingerprint density at radius 2 is 1.61 bits per heavy atom. The number of hydrogen-bond acceptors (Lipinski definition) is 13. The minimum absolute atomic E-state index is 0.125. The van der Waals surface area contributed by atoms with Gasteiger partial charge in [0.2, 0.25) is 17.7 Å². The number of aromatic nitrogens is 2. The van der Waals surface area contributed by atoms with E-state index >= 15 is 4.39 Å². The van der Waals surface area contributed by atoms with Crippen molar-refractivity contribution in [2.24, 2.45) is 5.92 Å². The normalized spacial score (nSPS) is 18.6. The van der Waals surface area contributed by atoms with Gasteiger partial charge in [0.05, 0.1) is 47.5 Å². The number of benzene rings is 3. The maximum atomic E-state index is 16.1. The molecule has 0 spiro atoms. The number of fused-ring (bicyclic) bond motifs is 3. The average Bonchev–Trinajstić information content (AvgIpc) is 1.41. The number of amides is 3. The number of hydrogen-bond donors (Lipinski definition) is 4. The quantitative estimate of drug-likeness (QED) is 0.0394. The molecule has 4 atom stereocenters. The molecule has 24 heteroatoms. The van der Waals surface area contributed by atoms with Crippen LogP contribution in [0.1, 0.15) is 107 Å². The molecule has 84 heavy (non-hydrogen) atoms. The second-order valence-electron chi connectivity index (χ2n) is 21.6. The highest BCUT2D eigenvalue weighted by Gasteiger charge is 2.39. The molecule has 452 valence electrons. The van der Waals surface area contributed by atoms with Gasteiger partial charge in [0.25, 0.3) is 0 Å². The van der Waals surface area contributed by atoms with Crippen LogP contribution in [0.25, 0.3) is 33.9 Å². The Labute approximate surface area is 486 Å². The molecule has 4 fully saturated rings. The molecule has 2 bridgehead atoms. The smallest absolute Gasteiger partial charge is 0.417 e. The van der Waals surface area contributed by atoms with Gasteiger partial charge in [-0.15, -0.1) is 11.3 Å². The number of halogens is 8. The molecule has 6 heterocycles. The van der Waals surface area contributed by atoms with Crippen LogP contribution in [0.5, 0.6) is 6.01 Å². The van der Waals surface area contributed by atoms with Crippen LogP contribution in [0.3, 0.4) is 0 Å². The summed E-state index contributed by atoms with van der Waals surface area (Å²) in [5.74, 6) is -5.47. The van der Waals surface area contributed by atoms with Crippen molar-refractivity contribution in [1.29, 1.82) is 5.26 Å². The van der Waals surface area contributed by atoms with Gasteiger partial charge < -0.3 is 45.9 Å². The summed E-state index contributed by atoms with van der Waals surface area (Å²) in [6.07, 6.45) is 3.19. The van der Waals surface area contributed by atoms with Gasteiger partial charge in [-0.25, -0.2) is 22.0 Å². The molecule has 4 aliphatic rings. The summed E-state index contributed by atoms with van der Waals surface area (Å²) in [6.45, 7) is 16.9. The highest BCUT2D eigenvalue weighted by molar-refractivity contribution is 7.14. The molecule has 2 unspecified atom stereocenters. The number of anilines is 2. The first-order chi connectivity index (χ1) is 40.0. The lowest BCUT2D eigenvalue weighted by Crippen LogP contribution is -2.51. The van der Waals surface area contributed by atoms with Crippen LogP contribution in [0, 0.1) is 40.5 Å². The van der Waals surface area contributed by atoms with Gasteiger partial charge in [-0.05, 0) is 112 Å². The first-order valence-electron chi connectivity index (χ1n) is 27.9. The van der Waals surface area contributed by atoms with Gasteiger partial charge in [-0.2, -0.15) is 28.4 Å². The zero-order valence-electron chi connectivity index (χ0n) is 47.5. The summed E-state index contributed by atoms with van der Waals surface area (Å²) in [7, 11) is 1.27. The Hall–Kier alpha value is -7.20. The summed E-state index contributed by atoms with van der Waals surface area (Å²) >= 11 is 0.653. The van der Waals surface area contributed by atoms with Crippen LogP contribution in [0.2, 0.25) is 0 Å². The number of rotatable bonds is 17. The van der Waals surface area contributed by atoms with Crippen molar-refractivity contribution < 1.29 is 59.0 Å². The van der Waals surface area contributed by atoms with Crippen LogP contribution >= 0.6 is 11.3 Å². The van der Waals surface area contributed by atoms with Gasteiger partial charge in [0, 0.05) is 67.5 Å². The van der Waals surface area contributed by atoms with Gasteiger partial charge in [-0.1, -0.05) is 51.6 Å². The molecular formula is C60H70F8N10O5S. The predicted molar refractivity (Wildman–Crippen MR) is 306 cm³/mol. The lowest BCUT2D eigenvalue weighted by molar-refractivity contribution is -0.139. The zero-order valence-corrected chi connectivity index (χ0v) is 48.4. The number of thiophene rings is 1. The van der Waals surface area contributed by atoms with Gasteiger partial charge in [0.1, 0.15) is 40.1 Å². The van der Waals surface area contributed by atoms with Crippen molar-refractivity contribution in [2.45, 2.75) is 109 Å². The van der Waals surface area contributed by atoms with Gasteiger partial charge in [-0.3, -0.25) is 14.4 Å². The highest BCUT2D eigenvalue weighted by Crippen LogP contribution is 2.40. The molecule has 4 saturated heterocycles. The number of piperazine rings is 1. The lowest BCUT2D eigenvalue weighted by Gasteiger charge is -2.34. The minimum Gasteiger partial charge on any atom is -0.467 e. The van der Waals surface area contributed by atoms with E-state index < -0.39 is 69.6 Å². The molecule has 15 nitrogen and oxygen atoms in total. The molecule has 3 aromatic carbocycles. The Balaban J connectivity index is 0.000000227. The molecule has 5 aromatic rings. The van der Waals surface area contributed by atoms with Crippen LogP contribution in [0.4, 0.5) is 45.9 Å². The van der Waals surface area contributed by atoms with E-state index in [0.29, 0.717) is 62.6 Å². The van der Waals surface area contributed by atoms with Crippen LogP contribution in [-0.4, -0.2) is 122 Å². The maximum absolute atomic E-state index is 16.1. The molecule has 0 saturated carbocycles. The standard InChI is InChI=1S/C31H39F3N4O4.C25H21F5N6OS.C4H10/c1-21(22-7-9-23(10-8-22)29-24(32)11-12-25(33)30(29)34)36-31(41)26-6-4-17-38(26)28(40)20-35-27(39)13-19-42-18-5-16-37-14-2-3-15-37;1-3-18(26)21-13(16(8-31)22(32)38-21)6-14-17(25(28,29)30)7-15-20(19(14)27)34-24(37-2)35-23(15)36-9-11-4-5-12(10-36)33-11;1-4(2)3/h7-12,21,26H,2-6,13-20H2,1H3,(H,35,39)(H,36,41);3,6-7,11-12,33H,1,4-5,9-10,32H2,2H3;4H,1-3H3/b;13-6+,21-18-;/t21-,26-;;/m0../s1. The molecular weight excluding hydrogens is 1120 g/mol. The second-order valence-corrected chi connectivity index (χ2v) is 22.7. The van der Waals surface area contributed by atoms with E-state index in [1.807, 2.05) is 4.90 Å². The fraction of sp³-hybridized carbons (Fsp3) is 0.467. The number of ether oxygens (including phenoxy) is 2. The van der Waals surface area contributed by atoms with Crippen molar-refractivity contribution in [3.8, 4) is 23.2 Å². The van der Waals surface area contributed by atoms with Gasteiger partial charge in [0.15, 0.2) is 17.5 Å². The fourth-order valence-electron chi connectivity index (χ4n) is 10.5. The van der Waals surface area contributed by atoms with E-state index in [1.54, 1.807) is 25.1 Å². The van der Waals surface area contributed by atoms with E-state index in [0.717, 1.165) is 75.2 Å². The molecule has 2 aromatic heterocycles. The third-order valence-corrected chi connectivity index (χ3v) is 15.6. The molecule has 9 rings (SSSR count). The average molecular weight is 1200 g/mol. The van der Waals surface area contributed by atoms with E-state index in [1.165, 1.54) is 37.0 Å². The van der Waals surface area contributed by atoms with Crippen LogP contribution in [-0.2, 0) is 25.3 Å². The zero-order chi connectivity index (χ0) is 61.0. The largest absolute Gasteiger partial charge is 0.467 e. The van der Waals surface area contributed by atoms with Crippen molar-refractivity contribution in [2.75, 3.05) is 76.8 Å². The number of nitrogen functional groups attached to an aromatic ring is 1. The number of alkyl halides is 3. The summed E-state index contributed by atoms with van der Waals surface area (Å²) in [5, 5.41) is 18.0. The Morgan fingerprint density at radius 1 is 0.940 bits per heavy atom. The molecule has 0 radical (unpaired) electrons. The number of nitrogens with two attached hydrogens (primary N) is 1. The van der Waals surface area contributed by atoms with Crippen LogP contribution < -0.4 is 41.1 Å².